The molecule has 8 heteroatoms. The van der Waals surface area contributed by atoms with Crippen LogP contribution in [0.25, 0.3) is 0 Å². The smallest absolute Gasteiger partial charge is 0.256 e. The summed E-state index contributed by atoms with van der Waals surface area (Å²) in [5.41, 5.74) is 6.12. The predicted molar refractivity (Wildman–Crippen MR) is 70.5 cm³/mol. The van der Waals surface area contributed by atoms with Gasteiger partial charge >= 0.3 is 0 Å². The minimum absolute atomic E-state index is 0.157. The SMILES string of the molecule is NC(=NO)c1cn[nH]c1NC(=O)c1cccc(Cl)c1. The standard InChI is InChI=1S/C11H10ClN5O2/c12-7-3-1-2-6(4-7)11(18)15-10-8(5-14-16-10)9(13)17-19/h1-5,19H,(H2,13,17)(H2,14,15,16,18). The molecule has 0 fully saturated rings. The Balaban J connectivity index is 2.23. The van der Waals surface area contributed by atoms with Crippen LogP contribution in [0.15, 0.2) is 35.6 Å². The van der Waals surface area contributed by atoms with Crippen molar-refractivity contribution < 1.29 is 10.0 Å². The molecule has 1 aromatic heterocycles. The molecule has 1 aromatic carbocycles. The number of anilines is 1. The van der Waals surface area contributed by atoms with E-state index in [1.807, 2.05) is 0 Å². The van der Waals surface area contributed by atoms with E-state index in [4.69, 9.17) is 22.5 Å². The second-order valence-corrected chi connectivity index (χ2v) is 4.04. The molecule has 0 spiro atoms. The lowest BCUT2D eigenvalue weighted by Crippen LogP contribution is -2.18. The number of nitrogens with zero attached hydrogens (tertiary/aromatic N) is 2. The first-order valence-electron chi connectivity index (χ1n) is 5.20. The number of hydrogen-bond donors (Lipinski definition) is 4. The van der Waals surface area contributed by atoms with E-state index in [0.29, 0.717) is 10.6 Å². The quantitative estimate of drug-likeness (QED) is 0.294. The van der Waals surface area contributed by atoms with Crippen molar-refractivity contribution in [3.8, 4) is 0 Å². The number of aromatic nitrogens is 2. The molecule has 1 amide bonds. The molecular weight excluding hydrogens is 270 g/mol. The minimum atomic E-state index is -0.390. The molecule has 0 saturated heterocycles. The molecular formula is C11H10ClN5O2. The Morgan fingerprint density at radius 3 is 3.00 bits per heavy atom. The Morgan fingerprint density at radius 1 is 1.53 bits per heavy atom. The summed E-state index contributed by atoms with van der Waals surface area (Å²) in [5.74, 6) is -0.311. The van der Waals surface area contributed by atoms with Crippen LogP contribution >= 0.6 is 11.6 Å². The van der Waals surface area contributed by atoms with E-state index < -0.39 is 5.91 Å². The Morgan fingerprint density at radius 2 is 2.32 bits per heavy atom. The summed E-state index contributed by atoms with van der Waals surface area (Å²) >= 11 is 5.80. The number of halogens is 1. The highest BCUT2D eigenvalue weighted by Crippen LogP contribution is 2.14. The summed E-state index contributed by atoms with van der Waals surface area (Å²) in [5, 5.41) is 20.7. The number of nitrogens with one attached hydrogen (secondary N) is 2. The number of H-pyrrole nitrogens is 1. The van der Waals surface area contributed by atoms with Gasteiger partial charge in [0.1, 0.15) is 5.82 Å². The van der Waals surface area contributed by atoms with Gasteiger partial charge in [-0.2, -0.15) is 5.10 Å². The van der Waals surface area contributed by atoms with Crippen molar-refractivity contribution in [1.82, 2.24) is 10.2 Å². The Bertz CT molecular complexity index is 638. The summed E-state index contributed by atoms with van der Waals surface area (Å²) in [6.45, 7) is 0. The van der Waals surface area contributed by atoms with Crippen LogP contribution in [0.5, 0.6) is 0 Å². The van der Waals surface area contributed by atoms with Gasteiger partial charge in [-0.1, -0.05) is 22.8 Å². The predicted octanol–water partition coefficient (Wildman–Crippen LogP) is 1.41. The number of amidine groups is 1. The van der Waals surface area contributed by atoms with Gasteiger partial charge in [-0.25, -0.2) is 0 Å². The van der Waals surface area contributed by atoms with Crippen molar-refractivity contribution in [2.45, 2.75) is 0 Å². The van der Waals surface area contributed by atoms with E-state index in [1.54, 1.807) is 18.2 Å². The van der Waals surface area contributed by atoms with Crippen molar-refractivity contribution in [2.75, 3.05) is 5.32 Å². The molecule has 0 aliphatic heterocycles. The fourth-order valence-corrected chi connectivity index (χ4v) is 1.64. The third kappa shape index (κ3) is 2.83. The van der Waals surface area contributed by atoms with Gasteiger partial charge in [0.05, 0.1) is 11.8 Å². The van der Waals surface area contributed by atoms with Gasteiger partial charge in [-0.3, -0.25) is 9.89 Å². The zero-order chi connectivity index (χ0) is 13.8. The van der Waals surface area contributed by atoms with Gasteiger partial charge in [0.2, 0.25) is 0 Å². The molecule has 0 aliphatic rings. The molecule has 0 aliphatic carbocycles. The minimum Gasteiger partial charge on any atom is -0.409 e. The van der Waals surface area contributed by atoms with Gasteiger partial charge in [-0.05, 0) is 18.2 Å². The molecule has 0 saturated carbocycles. The highest BCUT2D eigenvalue weighted by atomic mass is 35.5. The third-order valence-corrected chi connectivity index (χ3v) is 2.58. The number of carbonyl (C=O) groups excluding carboxylic acids is 1. The molecule has 0 atom stereocenters. The highest BCUT2D eigenvalue weighted by molar-refractivity contribution is 6.31. The molecule has 1 heterocycles. The van der Waals surface area contributed by atoms with Crippen LogP contribution in [-0.2, 0) is 0 Å². The van der Waals surface area contributed by atoms with Crippen LogP contribution in [0.3, 0.4) is 0 Å². The van der Waals surface area contributed by atoms with E-state index in [-0.39, 0.29) is 17.2 Å². The fourth-order valence-electron chi connectivity index (χ4n) is 1.44. The summed E-state index contributed by atoms with van der Waals surface area (Å²) in [6, 6.07) is 6.46. The second kappa shape index (κ2) is 5.40. The zero-order valence-electron chi connectivity index (χ0n) is 9.59. The fraction of sp³-hybridized carbons (Fsp3) is 0. The normalized spacial score (nSPS) is 11.3. The molecule has 0 unspecified atom stereocenters. The second-order valence-electron chi connectivity index (χ2n) is 3.61. The lowest BCUT2D eigenvalue weighted by molar-refractivity contribution is 0.102. The van der Waals surface area contributed by atoms with Crippen molar-refractivity contribution in [3.05, 3.63) is 46.6 Å². The summed E-state index contributed by atoms with van der Waals surface area (Å²) in [7, 11) is 0. The topological polar surface area (TPSA) is 116 Å². The largest absolute Gasteiger partial charge is 0.409 e. The molecule has 7 nitrogen and oxygen atoms in total. The van der Waals surface area contributed by atoms with Gasteiger partial charge in [0, 0.05) is 10.6 Å². The monoisotopic (exact) mass is 279 g/mol. The number of benzene rings is 1. The van der Waals surface area contributed by atoms with Crippen LogP contribution in [0.4, 0.5) is 5.82 Å². The van der Waals surface area contributed by atoms with E-state index in [9.17, 15) is 4.79 Å². The van der Waals surface area contributed by atoms with Crippen molar-refractivity contribution in [1.29, 1.82) is 0 Å². The molecule has 5 N–H and O–H groups in total. The number of nitrogens with two attached hydrogens (primary N) is 1. The lowest BCUT2D eigenvalue weighted by Gasteiger charge is -2.05. The first kappa shape index (κ1) is 12.9. The number of oxime groups is 1. The average molecular weight is 280 g/mol. The molecule has 19 heavy (non-hydrogen) atoms. The molecule has 98 valence electrons. The lowest BCUT2D eigenvalue weighted by atomic mass is 10.2. The maximum absolute atomic E-state index is 12.0. The van der Waals surface area contributed by atoms with Crippen LogP contribution in [0.1, 0.15) is 15.9 Å². The molecule has 0 bridgehead atoms. The van der Waals surface area contributed by atoms with Crippen molar-refractivity contribution in [3.63, 3.8) is 0 Å². The Hall–Kier alpha value is -2.54. The average Bonchev–Trinajstić information content (AvgIpc) is 2.86. The highest BCUT2D eigenvalue weighted by Gasteiger charge is 2.13. The zero-order valence-corrected chi connectivity index (χ0v) is 10.3. The van der Waals surface area contributed by atoms with Gasteiger partial charge in [-0.15, -0.1) is 0 Å². The first-order valence-corrected chi connectivity index (χ1v) is 5.58. The third-order valence-electron chi connectivity index (χ3n) is 2.35. The summed E-state index contributed by atoms with van der Waals surface area (Å²) in [6.07, 6.45) is 1.34. The van der Waals surface area contributed by atoms with E-state index in [0.717, 1.165) is 0 Å². The van der Waals surface area contributed by atoms with E-state index in [1.165, 1.54) is 12.3 Å². The molecule has 2 rings (SSSR count). The number of aromatic amines is 1. The summed E-state index contributed by atoms with van der Waals surface area (Å²) in [4.78, 5) is 12.0. The maximum Gasteiger partial charge on any atom is 0.256 e. The van der Waals surface area contributed by atoms with Crippen LogP contribution in [0.2, 0.25) is 5.02 Å². The van der Waals surface area contributed by atoms with Gasteiger partial charge < -0.3 is 16.3 Å². The van der Waals surface area contributed by atoms with E-state index >= 15 is 0 Å². The van der Waals surface area contributed by atoms with Crippen molar-refractivity contribution >= 4 is 29.2 Å². The summed E-state index contributed by atoms with van der Waals surface area (Å²) < 4.78 is 0. The first-order chi connectivity index (χ1) is 9.11. The number of carbonyl (C=O) groups is 1. The number of hydrogen-bond acceptors (Lipinski definition) is 4. The van der Waals surface area contributed by atoms with E-state index in [2.05, 4.69) is 20.7 Å². The Labute approximate surface area is 113 Å². The number of amides is 1. The Kier molecular flexibility index (Phi) is 3.67. The van der Waals surface area contributed by atoms with Crippen LogP contribution in [0, 0.1) is 0 Å². The van der Waals surface area contributed by atoms with Crippen LogP contribution < -0.4 is 11.1 Å². The van der Waals surface area contributed by atoms with Crippen LogP contribution in [-0.4, -0.2) is 27.1 Å². The number of rotatable bonds is 3. The molecule has 0 radical (unpaired) electrons. The molecule has 2 aromatic rings. The van der Waals surface area contributed by atoms with Crippen molar-refractivity contribution in [2.24, 2.45) is 10.9 Å². The maximum atomic E-state index is 12.0. The van der Waals surface area contributed by atoms with Gasteiger partial charge in [0.15, 0.2) is 5.84 Å². The van der Waals surface area contributed by atoms with Gasteiger partial charge in [0.25, 0.3) is 5.91 Å².